The van der Waals surface area contributed by atoms with Crippen molar-refractivity contribution in [1.82, 2.24) is 9.21 Å². The Morgan fingerprint density at radius 2 is 1.77 bits per heavy atom. The molecule has 2 aromatic carbocycles. The van der Waals surface area contributed by atoms with Crippen LogP contribution in [0.5, 0.6) is 0 Å². The first-order chi connectivity index (χ1) is 12.4. The molecular formula is C19H20FN3O2S. The van der Waals surface area contributed by atoms with E-state index < -0.39 is 21.9 Å². The van der Waals surface area contributed by atoms with Crippen molar-refractivity contribution in [2.45, 2.75) is 17.9 Å². The number of halogens is 1. The molecule has 0 radical (unpaired) electrons. The molecule has 136 valence electrons. The van der Waals surface area contributed by atoms with E-state index in [2.05, 4.69) is 6.07 Å². The fourth-order valence-electron chi connectivity index (χ4n) is 3.17. The summed E-state index contributed by atoms with van der Waals surface area (Å²) in [4.78, 5) is 2.10. The Labute approximate surface area is 153 Å². The minimum absolute atomic E-state index is 0.267. The van der Waals surface area contributed by atoms with E-state index >= 15 is 0 Å². The third kappa shape index (κ3) is 3.63. The second-order valence-corrected chi connectivity index (χ2v) is 8.25. The van der Waals surface area contributed by atoms with Crippen molar-refractivity contribution in [3.8, 4) is 6.07 Å². The van der Waals surface area contributed by atoms with E-state index in [0.29, 0.717) is 18.7 Å². The molecule has 0 saturated carbocycles. The average Bonchev–Trinajstić information content (AvgIpc) is 2.64. The van der Waals surface area contributed by atoms with Crippen molar-refractivity contribution in [3.05, 3.63) is 65.5 Å². The highest BCUT2D eigenvalue weighted by Crippen LogP contribution is 2.26. The lowest BCUT2D eigenvalue weighted by atomic mass is 10.1. The van der Waals surface area contributed by atoms with E-state index in [9.17, 15) is 18.1 Å². The van der Waals surface area contributed by atoms with Crippen LogP contribution in [0.25, 0.3) is 0 Å². The highest BCUT2D eigenvalue weighted by atomic mass is 32.2. The number of nitriles is 1. The van der Waals surface area contributed by atoms with Gasteiger partial charge in [0.1, 0.15) is 11.9 Å². The molecule has 0 aromatic heterocycles. The summed E-state index contributed by atoms with van der Waals surface area (Å²) in [5.74, 6) is -0.422. The van der Waals surface area contributed by atoms with Crippen molar-refractivity contribution in [1.29, 1.82) is 5.26 Å². The Bertz CT molecular complexity index is 932. The highest BCUT2D eigenvalue weighted by molar-refractivity contribution is 7.89. The molecule has 0 aliphatic carbocycles. The monoisotopic (exact) mass is 373 g/mol. The number of nitrogens with zero attached hydrogens (tertiary/aromatic N) is 3. The van der Waals surface area contributed by atoms with Crippen LogP contribution in [0, 0.1) is 24.1 Å². The molecule has 0 spiro atoms. The van der Waals surface area contributed by atoms with Gasteiger partial charge in [-0.1, -0.05) is 30.3 Å². The molecule has 0 amide bonds. The molecule has 1 aliphatic rings. The van der Waals surface area contributed by atoms with Crippen LogP contribution in [0.1, 0.15) is 17.2 Å². The van der Waals surface area contributed by atoms with Crippen molar-refractivity contribution >= 4 is 10.0 Å². The summed E-state index contributed by atoms with van der Waals surface area (Å²) >= 11 is 0. The zero-order valence-electron chi connectivity index (χ0n) is 14.5. The van der Waals surface area contributed by atoms with Gasteiger partial charge in [-0.25, -0.2) is 12.8 Å². The maximum Gasteiger partial charge on any atom is 0.243 e. The van der Waals surface area contributed by atoms with Crippen LogP contribution >= 0.6 is 0 Å². The first kappa shape index (κ1) is 18.5. The smallest absolute Gasteiger partial charge is 0.243 e. The normalized spacial score (nSPS) is 17.6. The zero-order chi connectivity index (χ0) is 18.7. The van der Waals surface area contributed by atoms with Crippen LogP contribution in [-0.2, 0) is 10.0 Å². The van der Waals surface area contributed by atoms with Crippen LogP contribution in [0.4, 0.5) is 4.39 Å². The Balaban J connectivity index is 1.75. The molecule has 26 heavy (non-hydrogen) atoms. The molecule has 1 fully saturated rings. The number of piperazine rings is 1. The predicted octanol–water partition coefficient (Wildman–Crippen LogP) is 2.71. The lowest BCUT2D eigenvalue weighted by Crippen LogP contribution is -2.49. The van der Waals surface area contributed by atoms with Gasteiger partial charge in [-0.15, -0.1) is 0 Å². The maximum atomic E-state index is 14.0. The van der Waals surface area contributed by atoms with Gasteiger partial charge in [0.15, 0.2) is 0 Å². The Hall–Kier alpha value is -2.27. The summed E-state index contributed by atoms with van der Waals surface area (Å²) in [6.07, 6.45) is 0. The van der Waals surface area contributed by atoms with Crippen molar-refractivity contribution in [2.75, 3.05) is 26.2 Å². The zero-order valence-corrected chi connectivity index (χ0v) is 15.3. The van der Waals surface area contributed by atoms with E-state index in [-0.39, 0.29) is 18.0 Å². The number of hydrogen-bond acceptors (Lipinski definition) is 4. The van der Waals surface area contributed by atoms with Gasteiger partial charge in [0.05, 0.1) is 11.0 Å². The summed E-state index contributed by atoms with van der Waals surface area (Å²) in [7, 11) is -3.56. The SMILES string of the molecule is Cc1cccc(S(=O)(=O)N2CCN(C(C#N)c3ccccc3F)CC2)c1. The third-order valence-corrected chi connectivity index (χ3v) is 6.48. The van der Waals surface area contributed by atoms with Crippen LogP contribution < -0.4 is 0 Å². The van der Waals surface area contributed by atoms with Gasteiger partial charge in [-0.2, -0.15) is 9.57 Å². The first-order valence-corrected chi connectivity index (χ1v) is 9.82. The molecule has 2 aromatic rings. The fraction of sp³-hybridized carbons (Fsp3) is 0.316. The van der Waals surface area contributed by atoms with E-state index in [1.165, 1.54) is 10.4 Å². The number of benzene rings is 2. The van der Waals surface area contributed by atoms with Crippen LogP contribution in [0.15, 0.2) is 53.4 Å². The van der Waals surface area contributed by atoms with Crippen LogP contribution in [0.2, 0.25) is 0 Å². The molecule has 1 unspecified atom stereocenters. The molecule has 1 heterocycles. The van der Waals surface area contributed by atoms with E-state index in [1.807, 2.05) is 17.9 Å². The number of hydrogen-bond donors (Lipinski definition) is 0. The van der Waals surface area contributed by atoms with Crippen molar-refractivity contribution < 1.29 is 12.8 Å². The largest absolute Gasteiger partial charge is 0.282 e. The number of rotatable bonds is 4. The maximum absolute atomic E-state index is 14.0. The number of sulfonamides is 1. The predicted molar refractivity (Wildman–Crippen MR) is 96.3 cm³/mol. The topological polar surface area (TPSA) is 64.4 Å². The molecule has 0 bridgehead atoms. The highest BCUT2D eigenvalue weighted by Gasteiger charge is 2.32. The average molecular weight is 373 g/mol. The lowest BCUT2D eigenvalue weighted by Gasteiger charge is -2.36. The van der Waals surface area contributed by atoms with Gasteiger partial charge in [-0.05, 0) is 30.7 Å². The molecule has 3 rings (SSSR count). The van der Waals surface area contributed by atoms with E-state index in [0.717, 1.165) is 5.56 Å². The minimum atomic E-state index is -3.56. The van der Waals surface area contributed by atoms with Gasteiger partial charge < -0.3 is 0 Å². The summed E-state index contributed by atoms with van der Waals surface area (Å²) in [5.41, 5.74) is 1.21. The summed E-state index contributed by atoms with van der Waals surface area (Å²) < 4.78 is 41.0. The fourth-order valence-corrected chi connectivity index (χ4v) is 4.70. The molecule has 1 atom stereocenters. The quantitative estimate of drug-likeness (QED) is 0.827. The van der Waals surface area contributed by atoms with Crippen LogP contribution in [0.3, 0.4) is 0 Å². The standard InChI is InChI=1S/C19H20FN3O2S/c1-15-5-4-6-16(13-15)26(24,25)23-11-9-22(10-12-23)19(14-21)17-7-2-3-8-18(17)20/h2-8,13,19H,9-12H2,1H3. The molecular weight excluding hydrogens is 353 g/mol. The van der Waals surface area contributed by atoms with Crippen LogP contribution in [-0.4, -0.2) is 43.8 Å². The van der Waals surface area contributed by atoms with Gasteiger partial charge in [-0.3, -0.25) is 4.90 Å². The van der Waals surface area contributed by atoms with E-state index in [4.69, 9.17) is 0 Å². The Kier molecular flexibility index (Phi) is 5.37. The molecule has 1 aliphatic heterocycles. The minimum Gasteiger partial charge on any atom is -0.282 e. The van der Waals surface area contributed by atoms with Gasteiger partial charge in [0.25, 0.3) is 0 Å². The second-order valence-electron chi connectivity index (χ2n) is 6.31. The van der Waals surface area contributed by atoms with Gasteiger partial charge >= 0.3 is 0 Å². The molecule has 5 nitrogen and oxygen atoms in total. The third-order valence-electron chi connectivity index (χ3n) is 4.59. The lowest BCUT2D eigenvalue weighted by molar-refractivity contribution is 0.160. The summed E-state index contributed by atoms with van der Waals surface area (Å²) in [5, 5.41) is 9.50. The molecule has 7 heteroatoms. The summed E-state index contributed by atoms with van der Waals surface area (Å²) in [6.45, 7) is 3.13. The second kappa shape index (κ2) is 7.54. The van der Waals surface area contributed by atoms with E-state index in [1.54, 1.807) is 36.4 Å². The Morgan fingerprint density at radius 1 is 1.08 bits per heavy atom. The Morgan fingerprint density at radius 3 is 2.38 bits per heavy atom. The van der Waals surface area contributed by atoms with Gasteiger partial charge in [0, 0.05) is 31.7 Å². The molecule has 1 saturated heterocycles. The first-order valence-electron chi connectivity index (χ1n) is 8.38. The summed E-state index contributed by atoms with van der Waals surface area (Å²) in [6, 6.07) is 14.4. The van der Waals surface area contributed by atoms with Crippen molar-refractivity contribution in [2.24, 2.45) is 0 Å². The molecule has 0 N–H and O–H groups in total. The van der Waals surface area contributed by atoms with Gasteiger partial charge in [0.2, 0.25) is 10.0 Å². The van der Waals surface area contributed by atoms with Crippen molar-refractivity contribution in [3.63, 3.8) is 0 Å². The number of aryl methyl sites for hydroxylation is 1.